The van der Waals surface area contributed by atoms with Gasteiger partial charge in [0.25, 0.3) is 5.56 Å². The molecule has 3 unspecified atom stereocenters. The van der Waals surface area contributed by atoms with E-state index in [1.807, 2.05) is 0 Å². The molecule has 0 radical (unpaired) electrons. The van der Waals surface area contributed by atoms with Gasteiger partial charge in [-0.05, 0) is 6.92 Å². The second kappa shape index (κ2) is 12.9. The first-order chi connectivity index (χ1) is 16.0. The van der Waals surface area contributed by atoms with Crippen LogP contribution in [0.25, 0.3) is 0 Å². The molecular weight excluding hydrogens is 643 g/mol. The number of aryl methyl sites for hydroxylation is 1. The number of hydrogen-bond acceptors (Lipinski definition) is 9. The van der Waals surface area contributed by atoms with Gasteiger partial charge in [-0.2, -0.15) is 0 Å². The number of ether oxygens (including phenoxy) is 2. The lowest BCUT2D eigenvalue weighted by molar-refractivity contribution is -0.149. The van der Waals surface area contributed by atoms with Gasteiger partial charge in [-0.1, -0.05) is 69.6 Å². The molecule has 0 spiro atoms. The second-order valence-corrected chi connectivity index (χ2v) is 14.0. The number of phosphoric acid groups is 1. The number of aromatic amines is 1. The van der Waals surface area contributed by atoms with Crippen molar-refractivity contribution in [1.29, 1.82) is 0 Å². The maximum absolute atomic E-state index is 13.0. The Morgan fingerprint density at radius 1 is 1.14 bits per heavy atom. The third kappa shape index (κ3) is 10.5. The minimum Gasteiger partial charge on any atom is -0.458 e. The SMILES string of the molecule is Cc1cn(C2CC(OC(=O)CCl)C(COP(=O)(OCC(Cl)(Cl)Cl)OCC(Cl)(Cl)Cl)O2)c(=O)[nH]c1=O. The van der Waals surface area contributed by atoms with Crippen molar-refractivity contribution >= 4 is 95.0 Å². The van der Waals surface area contributed by atoms with E-state index in [-0.39, 0.29) is 12.0 Å². The van der Waals surface area contributed by atoms with Gasteiger partial charge < -0.3 is 9.47 Å². The highest BCUT2D eigenvalue weighted by molar-refractivity contribution is 7.48. The van der Waals surface area contributed by atoms with Crippen molar-refractivity contribution in [3.63, 3.8) is 0 Å². The zero-order valence-corrected chi connectivity index (χ0v) is 23.7. The molecule has 1 aromatic heterocycles. The smallest absolute Gasteiger partial charge is 0.458 e. The van der Waals surface area contributed by atoms with Gasteiger partial charge in [-0.3, -0.25) is 32.7 Å². The fourth-order valence-electron chi connectivity index (χ4n) is 2.73. The lowest BCUT2D eigenvalue weighted by atomic mass is 10.2. The Balaban J connectivity index is 2.23. The fraction of sp³-hybridized carbons (Fsp3) is 0.688. The summed E-state index contributed by atoms with van der Waals surface area (Å²) in [7, 11) is -4.52. The van der Waals surface area contributed by atoms with Crippen LogP contribution in [-0.2, 0) is 32.4 Å². The number of esters is 1. The number of rotatable bonds is 10. The fourth-order valence-corrected chi connectivity index (χ4v) is 4.83. The average molecular weight is 661 g/mol. The van der Waals surface area contributed by atoms with Crippen molar-refractivity contribution in [2.24, 2.45) is 0 Å². The first kappa shape index (κ1) is 31.5. The van der Waals surface area contributed by atoms with Crippen LogP contribution in [0.15, 0.2) is 15.8 Å². The largest absolute Gasteiger partial charge is 0.475 e. The molecule has 0 aliphatic carbocycles. The molecule has 0 saturated carbocycles. The van der Waals surface area contributed by atoms with Crippen molar-refractivity contribution in [2.75, 3.05) is 25.7 Å². The Morgan fingerprint density at radius 3 is 2.23 bits per heavy atom. The average Bonchev–Trinajstić information content (AvgIpc) is 3.13. The quantitative estimate of drug-likeness (QED) is 0.223. The van der Waals surface area contributed by atoms with E-state index < -0.39 is 76.8 Å². The number of nitrogens with zero attached hydrogens (tertiary/aromatic N) is 1. The molecule has 35 heavy (non-hydrogen) atoms. The van der Waals surface area contributed by atoms with Crippen LogP contribution in [-0.4, -0.2) is 61.0 Å². The molecule has 2 heterocycles. The molecule has 1 aliphatic rings. The molecule has 1 aliphatic heterocycles. The zero-order valence-electron chi connectivity index (χ0n) is 17.6. The number of alkyl halides is 7. The zero-order chi connectivity index (χ0) is 26.6. The van der Waals surface area contributed by atoms with E-state index in [0.29, 0.717) is 0 Å². The summed E-state index contributed by atoms with van der Waals surface area (Å²) in [6.07, 6.45) is -1.89. The Morgan fingerprint density at radius 2 is 1.71 bits per heavy atom. The number of carbonyl (C=O) groups is 1. The molecule has 0 bridgehead atoms. The maximum atomic E-state index is 13.0. The van der Waals surface area contributed by atoms with E-state index in [9.17, 15) is 18.9 Å². The molecule has 1 fully saturated rings. The topological polar surface area (TPSA) is 135 Å². The van der Waals surface area contributed by atoms with E-state index in [1.54, 1.807) is 0 Å². The van der Waals surface area contributed by atoms with Crippen LogP contribution in [0.4, 0.5) is 0 Å². The van der Waals surface area contributed by atoms with Gasteiger partial charge in [0.2, 0.25) is 7.59 Å². The molecule has 11 nitrogen and oxygen atoms in total. The molecule has 1 saturated heterocycles. The van der Waals surface area contributed by atoms with E-state index in [2.05, 4.69) is 4.98 Å². The Hall–Kier alpha value is 0.250. The first-order valence-corrected chi connectivity index (χ1v) is 13.7. The van der Waals surface area contributed by atoms with Crippen molar-refractivity contribution in [3.05, 3.63) is 32.6 Å². The van der Waals surface area contributed by atoms with Crippen LogP contribution >= 0.6 is 89.0 Å². The summed E-state index contributed by atoms with van der Waals surface area (Å²) < 4.78 is 36.5. The van der Waals surface area contributed by atoms with Gasteiger partial charge >= 0.3 is 19.5 Å². The Bertz CT molecular complexity index is 1030. The molecule has 0 amide bonds. The molecule has 0 aromatic carbocycles. The van der Waals surface area contributed by atoms with E-state index in [4.69, 9.17) is 104 Å². The third-order valence-electron chi connectivity index (χ3n) is 4.20. The molecule has 19 heteroatoms. The summed E-state index contributed by atoms with van der Waals surface area (Å²) in [5.41, 5.74) is -1.11. The van der Waals surface area contributed by atoms with E-state index in [0.717, 1.165) is 4.57 Å². The number of carbonyl (C=O) groups excluding carboxylic acids is 1. The lowest BCUT2D eigenvalue weighted by Gasteiger charge is -2.24. The van der Waals surface area contributed by atoms with Gasteiger partial charge in [0, 0.05) is 18.2 Å². The highest BCUT2D eigenvalue weighted by Gasteiger charge is 2.42. The van der Waals surface area contributed by atoms with Gasteiger partial charge in [0.05, 0.1) is 6.61 Å². The van der Waals surface area contributed by atoms with Crippen molar-refractivity contribution < 1.29 is 32.4 Å². The Labute approximate surface area is 233 Å². The van der Waals surface area contributed by atoms with Crippen LogP contribution in [0.5, 0.6) is 0 Å². The van der Waals surface area contributed by atoms with Crippen molar-refractivity contribution in [1.82, 2.24) is 9.55 Å². The summed E-state index contributed by atoms with van der Waals surface area (Å²) in [4.78, 5) is 37.8. The normalized spacial score (nSPS) is 21.3. The number of aromatic nitrogens is 2. The summed E-state index contributed by atoms with van der Waals surface area (Å²) >= 11 is 39.2. The minimum absolute atomic E-state index is 0.0453. The lowest BCUT2D eigenvalue weighted by Crippen LogP contribution is -2.33. The summed E-state index contributed by atoms with van der Waals surface area (Å²) in [6.45, 7) is -0.528. The number of H-pyrrole nitrogens is 1. The molecule has 2 rings (SSSR count). The van der Waals surface area contributed by atoms with Crippen molar-refractivity contribution in [2.45, 2.75) is 39.4 Å². The maximum Gasteiger partial charge on any atom is 0.475 e. The van der Waals surface area contributed by atoms with Gasteiger partial charge in [0.15, 0.2) is 0 Å². The van der Waals surface area contributed by atoms with Crippen molar-refractivity contribution in [3.8, 4) is 0 Å². The molecule has 1 N–H and O–H groups in total. The van der Waals surface area contributed by atoms with Gasteiger partial charge in [0.1, 0.15) is 37.5 Å². The Kier molecular flexibility index (Phi) is 11.6. The number of halogens is 7. The van der Waals surface area contributed by atoms with Crippen LogP contribution in [0.2, 0.25) is 0 Å². The second-order valence-electron chi connectivity index (χ2n) is 7.03. The standard InChI is InChI=1S/C16H18Cl7N2O9P/c1-8-4-25(14(28)24-13(8)27)11-2-9(34-12(26)3-17)10(33-11)5-30-35(29,31-6-15(18,19)20)32-7-16(21,22)23/h4,9-11H,2-3,5-7H2,1H3,(H,24,27,28). The molecule has 3 atom stereocenters. The monoisotopic (exact) mass is 658 g/mol. The van der Waals surface area contributed by atoms with Crippen LogP contribution in [0, 0.1) is 6.92 Å². The first-order valence-electron chi connectivity index (χ1n) is 9.42. The van der Waals surface area contributed by atoms with Crippen LogP contribution < -0.4 is 11.2 Å². The predicted molar refractivity (Wildman–Crippen MR) is 131 cm³/mol. The minimum atomic E-state index is -4.52. The summed E-state index contributed by atoms with van der Waals surface area (Å²) in [5.74, 6) is -1.26. The summed E-state index contributed by atoms with van der Waals surface area (Å²) in [5, 5.41) is 0. The number of nitrogens with one attached hydrogen (secondary N) is 1. The van der Waals surface area contributed by atoms with Crippen LogP contribution in [0.3, 0.4) is 0 Å². The van der Waals surface area contributed by atoms with Gasteiger partial charge in [-0.15, -0.1) is 11.6 Å². The molecule has 200 valence electrons. The highest BCUT2D eigenvalue weighted by atomic mass is 35.6. The van der Waals surface area contributed by atoms with Crippen LogP contribution in [0.1, 0.15) is 18.2 Å². The molecular formula is C16H18Cl7N2O9P. The number of hydrogen-bond donors (Lipinski definition) is 1. The summed E-state index contributed by atoms with van der Waals surface area (Å²) in [6, 6.07) is 0. The van der Waals surface area contributed by atoms with E-state index in [1.165, 1.54) is 13.1 Å². The predicted octanol–water partition coefficient (Wildman–Crippen LogP) is 4.18. The third-order valence-corrected chi connectivity index (χ3v) is 6.43. The van der Waals surface area contributed by atoms with Gasteiger partial charge in [-0.25, -0.2) is 9.36 Å². The van der Waals surface area contributed by atoms with E-state index >= 15 is 0 Å². The molecule has 1 aromatic rings. The number of phosphoric ester groups is 1. The highest BCUT2D eigenvalue weighted by Crippen LogP contribution is 2.53.